The number of nitrogens with one attached hydrogen (secondary N) is 3. The van der Waals surface area contributed by atoms with Crippen molar-refractivity contribution in [1.82, 2.24) is 15.0 Å². The van der Waals surface area contributed by atoms with E-state index in [1.54, 1.807) is 0 Å². The molecular formula is C28H28N8O11S3. The fourth-order valence-electron chi connectivity index (χ4n) is 4.29. The average Bonchev–Trinajstić information content (AvgIpc) is 3.02. The van der Waals surface area contributed by atoms with Gasteiger partial charge >= 0.3 is 0 Å². The highest BCUT2D eigenvalue weighted by atomic mass is 32.2. The first-order valence-electron chi connectivity index (χ1n) is 13.8. The lowest BCUT2D eigenvalue weighted by atomic mass is 10.1. The molecule has 0 saturated carbocycles. The molecule has 0 aliphatic rings. The van der Waals surface area contributed by atoms with Crippen molar-refractivity contribution in [1.29, 1.82) is 0 Å². The number of carbonyl (C=O) groups excluding carboxylic acids is 2. The Kier molecular flexibility index (Phi) is 11.1. The van der Waals surface area contributed by atoms with Gasteiger partial charge in [0.25, 0.3) is 30.4 Å². The Morgan fingerprint density at radius 2 is 1.22 bits per heavy atom. The molecule has 3 aromatic carbocycles. The molecule has 0 aliphatic heterocycles. The zero-order valence-electron chi connectivity index (χ0n) is 25.6. The molecule has 0 aliphatic carbocycles. The number of nitrogens with zero attached hydrogens (tertiary/aromatic N) is 4. The predicted octanol–water partition coefficient (Wildman–Crippen LogP) is 1.80. The van der Waals surface area contributed by atoms with E-state index in [2.05, 4.69) is 30.9 Å². The van der Waals surface area contributed by atoms with Gasteiger partial charge < -0.3 is 31.4 Å². The zero-order chi connectivity index (χ0) is 36.9. The highest BCUT2D eigenvalue weighted by Crippen LogP contribution is 2.28. The minimum Gasteiger partial charge on any atom is -0.388 e. The number of aldehydes is 1. The molecule has 0 radical (unpaired) electrons. The Hall–Kier alpha value is -5.52. The van der Waals surface area contributed by atoms with Gasteiger partial charge in [0.1, 0.15) is 16.1 Å². The van der Waals surface area contributed by atoms with Gasteiger partial charge in [-0.15, -0.1) is 0 Å². The summed E-state index contributed by atoms with van der Waals surface area (Å²) in [5.41, 5.74) is 5.86. The Bertz CT molecular complexity index is 2300. The molecule has 50 heavy (non-hydrogen) atoms. The lowest BCUT2D eigenvalue weighted by Crippen LogP contribution is -2.36. The number of carbonyl (C=O) groups is 2. The van der Waals surface area contributed by atoms with E-state index in [0.29, 0.717) is 12.0 Å². The third-order valence-electron chi connectivity index (χ3n) is 6.53. The summed E-state index contributed by atoms with van der Waals surface area (Å²) in [5, 5.41) is 8.26. The number of amides is 1. The Balaban J connectivity index is 1.75. The van der Waals surface area contributed by atoms with Crippen LogP contribution in [0.1, 0.15) is 11.1 Å². The van der Waals surface area contributed by atoms with E-state index in [1.807, 2.05) is 0 Å². The van der Waals surface area contributed by atoms with Crippen molar-refractivity contribution >= 4 is 89.6 Å². The van der Waals surface area contributed by atoms with Crippen molar-refractivity contribution in [2.24, 2.45) is 5.73 Å². The van der Waals surface area contributed by atoms with Crippen LogP contribution in [0.25, 0.3) is 12.2 Å². The van der Waals surface area contributed by atoms with E-state index >= 15 is 0 Å². The highest BCUT2D eigenvalue weighted by molar-refractivity contribution is 7.86. The molecule has 4 aromatic rings. The quantitative estimate of drug-likeness (QED) is 0.0518. The van der Waals surface area contributed by atoms with E-state index in [0.717, 1.165) is 23.1 Å². The Labute approximate surface area is 285 Å². The van der Waals surface area contributed by atoms with Gasteiger partial charge in [0.15, 0.2) is 0 Å². The van der Waals surface area contributed by atoms with Crippen LogP contribution in [0.5, 0.6) is 0 Å². The average molecular weight is 749 g/mol. The number of aromatic nitrogens is 3. The molecule has 0 atom stereocenters. The van der Waals surface area contributed by atoms with Crippen LogP contribution in [-0.4, -0.2) is 86.2 Å². The van der Waals surface area contributed by atoms with Crippen molar-refractivity contribution < 1.29 is 48.5 Å². The maximum atomic E-state index is 12.4. The molecule has 264 valence electrons. The molecule has 19 nitrogen and oxygen atoms in total. The molecule has 1 heterocycles. The van der Waals surface area contributed by atoms with Crippen molar-refractivity contribution in [3.05, 3.63) is 71.8 Å². The number of benzene rings is 3. The fourth-order valence-corrected chi connectivity index (χ4v) is 6.18. The molecule has 0 unspecified atom stereocenters. The van der Waals surface area contributed by atoms with Crippen LogP contribution in [0.4, 0.5) is 34.9 Å². The minimum absolute atomic E-state index is 0.00390. The van der Waals surface area contributed by atoms with E-state index in [9.17, 15) is 48.5 Å². The van der Waals surface area contributed by atoms with Crippen molar-refractivity contribution in [3.8, 4) is 0 Å². The van der Waals surface area contributed by atoms with E-state index in [-0.39, 0.29) is 51.8 Å². The molecule has 0 spiro atoms. The first-order valence-corrected chi connectivity index (χ1v) is 18.1. The van der Waals surface area contributed by atoms with E-state index < -0.39 is 52.6 Å². The third kappa shape index (κ3) is 9.77. The maximum absolute atomic E-state index is 12.4. The van der Waals surface area contributed by atoms with Crippen molar-refractivity contribution in [2.75, 3.05) is 41.0 Å². The number of rotatable bonds is 15. The number of primary amides is 1. The summed E-state index contributed by atoms with van der Waals surface area (Å²) < 4.78 is 100. The van der Waals surface area contributed by atoms with Crippen LogP contribution >= 0.6 is 0 Å². The minimum atomic E-state index is -4.90. The second-order valence-corrected chi connectivity index (χ2v) is 14.3. The molecule has 0 fully saturated rings. The van der Waals surface area contributed by atoms with Crippen LogP contribution < -0.4 is 26.6 Å². The standard InChI is InChI=1S/C28H28N8O11S3/c1-30-20-6-4-17(23(14-20)49(42,43)44)2-3-18-5-7-21(15-24(18)50(45,46)47)32-27-33-26(31-19-8-10-22(11-9-19)48(39,40)41)34-28(35-27)36(12-13-37)16-25(29)38/h2-11,13-15,30H,12,16H2,1H3,(H2,29,38)(H,39,40,41)(H,42,43,44)(H,45,46,47)(H2,31,32,33,34,35)/b3-2+. The summed E-state index contributed by atoms with van der Waals surface area (Å²) in [6, 6.07) is 12.5. The number of anilines is 6. The number of nitrogens with two attached hydrogens (primary N) is 1. The third-order valence-corrected chi connectivity index (χ3v) is 9.21. The van der Waals surface area contributed by atoms with Crippen molar-refractivity contribution in [2.45, 2.75) is 14.7 Å². The second-order valence-electron chi connectivity index (χ2n) is 10.1. The van der Waals surface area contributed by atoms with Crippen LogP contribution in [0, 0.1) is 0 Å². The van der Waals surface area contributed by atoms with Crippen molar-refractivity contribution in [3.63, 3.8) is 0 Å². The Morgan fingerprint density at radius 1 is 0.740 bits per heavy atom. The first-order chi connectivity index (χ1) is 23.4. The molecular weight excluding hydrogens is 721 g/mol. The predicted molar refractivity (Wildman–Crippen MR) is 181 cm³/mol. The summed E-state index contributed by atoms with van der Waals surface area (Å²) in [4.78, 5) is 35.2. The molecule has 1 aromatic heterocycles. The lowest BCUT2D eigenvalue weighted by molar-refractivity contribution is -0.116. The van der Waals surface area contributed by atoms with E-state index in [1.165, 1.54) is 61.7 Å². The van der Waals surface area contributed by atoms with E-state index in [4.69, 9.17) is 5.73 Å². The van der Waals surface area contributed by atoms with Gasteiger partial charge in [0, 0.05) is 24.1 Å². The molecule has 4 rings (SSSR count). The van der Waals surface area contributed by atoms with Gasteiger partial charge in [-0.1, -0.05) is 24.3 Å². The molecule has 0 saturated heterocycles. The Morgan fingerprint density at radius 3 is 1.68 bits per heavy atom. The molecule has 8 N–H and O–H groups in total. The number of hydrogen-bond donors (Lipinski definition) is 7. The smallest absolute Gasteiger partial charge is 0.295 e. The zero-order valence-corrected chi connectivity index (χ0v) is 28.1. The number of hydrogen-bond acceptors (Lipinski definition) is 15. The van der Waals surface area contributed by atoms with Gasteiger partial charge in [0.2, 0.25) is 23.8 Å². The van der Waals surface area contributed by atoms with Crippen LogP contribution in [-0.2, 0) is 39.9 Å². The maximum Gasteiger partial charge on any atom is 0.295 e. The topological polar surface area (TPSA) is 301 Å². The SMILES string of the molecule is CNc1ccc(/C=C/c2ccc(Nc3nc(Nc4ccc(S(=O)(=O)O)cc4)nc(N(CC=O)CC(N)=O)n3)cc2S(=O)(=O)O)c(S(=O)(=O)O)c1. The largest absolute Gasteiger partial charge is 0.388 e. The fraction of sp³-hybridized carbons (Fsp3) is 0.107. The first kappa shape index (κ1) is 37.3. The molecule has 0 bridgehead atoms. The van der Waals surface area contributed by atoms with Gasteiger partial charge in [-0.2, -0.15) is 40.2 Å². The summed E-state index contributed by atoms with van der Waals surface area (Å²) >= 11 is 0. The summed E-state index contributed by atoms with van der Waals surface area (Å²) in [5.74, 6) is -1.54. The van der Waals surface area contributed by atoms with Gasteiger partial charge in [-0.25, -0.2) is 0 Å². The lowest BCUT2D eigenvalue weighted by Gasteiger charge is -2.20. The van der Waals surface area contributed by atoms with Crippen LogP contribution in [0.3, 0.4) is 0 Å². The monoisotopic (exact) mass is 748 g/mol. The highest BCUT2D eigenvalue weighted by Gasteiger charge is 2.20. The summed E-state index contributed by atoms with van der Waals surface area (Å²) in [6.07, 6.45) is 2.88. The molecule has 1 amide bonds. The van der Waals surface area contributed by atoms with Gasteiger partial charge in [0.05, 0.1) is 18.0 Å². The summed E-state index contributed by atoms with van der Waals surface area (Å²) in [7, 11) is -12.5. The van der Waals surface area contributed by atoms with Crippen LogP contribution in [0.15, 0.2) is 75.4 Å². The van der Waals surface area contributed by atoms with Gasteiger partial charge in [-0.3, -0.25) is 18.5 Å². The summed E-state index contributed by atoms with van der Waals surface area (Å²) in [6.45, 7) is -0.866. The normalized spacial score (nSPS) is 12.0. The second kappa shape index (κ2) is 14.9. The van der Waals surface area contributed by atoms with Gasteiger partial charge in [-0.05, 0) is 59.7 Å². The van der Waals surface area contributed by atoms with Crippen LogP contribution in [0.2, 0.25) is 0 Å². The molecule has 22 heteroatoms.